The minimum atomic E-state index is -1.09. The molecule has 10 nitrogen and oxygen atoms in total. The van der Waals surface area contributed by atoms with Crippen LogP contribution in [0.2, 0.25) is 0 Å². The highest BCUT2D eigenvalue weighted by molar-refractivity contribution is 8.15. The van der Waals surface area contributed by atoms with Gasteiger partial charge in [-0.1, -0.05) is 11.8 Å². The van der Waals surface area contributed by atoms with E-state index in [1.165, 1.54) is 12.1 Å². The van der Waals surface area contributed by atoms with Gasteiger partial charge in [0.2, 0.25) is 5.91 Å². The van der Waals surface area contributed by atoms with Crippen molar-refractivity contribution in [3.63, 3.8) is 0 Å². The van der Waals surface area contributed by atoms with E-state index in [9.17, 15) is 19.7 Å². The SMILES string of the molecule is O=C(O)CC1SC(=NN=Cc2ccc([N+](=O)[O-])o2)NC1=O. The topological polar surface area (TPSA) is 147 Å². The fourth-order valence-corrected chi connectivity index (χ4v) is 2.31. The molecular formula is C10H8N4O6S. The molecule has 0 radical (unpaired) electrons. The van der Waals surface area contributed by atoms with Crippen LogP contribution in [0.1, 0.15) is 12.2 Å². The first kappa shape index (κ1) is 14.7. The molecule has 0 aromatic carbocycles. The molecule has 0 spiro atoms. The number of nitrogens with one attached hydrogen (secondary N) is 1. The Morgan fingerprint density at radius 2 is 2.38 bits per heavy atom. The highest BCUT2D eigenvalue weighted by atomic mass is 32.2. The number of nitrogens with zero attached hydrogens (tertiary/aromatic N) is 3. The number of amidine groups is 1. The van der Waals surface area contributed by atoms with E-state index >= 15 is 0 Å². The number of hydrogen-bond acceptors (Lipinski definition) is 8. The van der Waals surface area contributed by atoms with Crippen LogP contribution >= 0.6 is 11.8 Å². The zero-order valence-corrected chi connectivity index (χ0v) is 11.1. The number of carboxylic acid groups (broad SMARTS) is 1. The van der Waals surface area contributed by atoms with Crippen molar-refractivity contribution in [2.75, 3.05) is 0 Å². The molecule has 1 aromatic heterocycles. The average molecular weight is 312 g/mol. The first-order valence-electron chi connectivity index (χ1n) is 5.50. The number of aliphatic carboxylic acids is 1. The van der Waals surface area contributed by atoms with Gasteiger partial charge in [0, 0.05) is 0 Å². The first-order valence-corrected chi connectivity index (χ1v) is 6.38. The number of carbonyl (C=O) groups is 2. The lowest BCUT2D eigenvalue weighted by atomic mass is 10.3. The van der Waals surface area contributed by atoms with Crippen molar-refractivity contribution in [2.24, 2.45) is 10.2 Å². The second kappa shape index (κ2) is 6.17. The summed E-state index contributed by atoms with van der Waals surface area (Å²) in [6.07, 6.45) is 0.820. The van der Waals surface area contributed by atoms with Crippen LogP contribution in [0.3, 0.4) is 0 Å². The molecule has 2 rings (SSSR count). The van der Waals surface area contributed by atoms with E-state index in [1.54, 1.807) is 0 Å². The van der Waals surface area contributed by atoms with E-state index in [-0.39, 0.29) is 17.3 Å². The van der Waals surface area contributed by atoms with Crippen molar-refractivity contribution in [2.45, 2.75) is 11.7 Å². The van der Waals surface area contributed by atoms with Gasteiger partial charge in [-0.3, -0.25) is 19.7 Å². The molecule has 11 heteroatoms. The second-order valence-electron chi connectivity index (χ2n) is 3.78. The van der Waals surface area contributed by atoms with Gasteiger partial charge in [-0.05, 0) is 6.07 Å². The number of thioether (sulfide) groups is 1. The highest BCUT2D eigenvalue weighted by Gasteiger charge is 2.32. The molecule has 1 unspecified atom stereocenters. The fourth-order valence-electron chi connectivity index (χ4n) is 1.39. The Hall–Kier alpha value is -2.69. The molecule has 21 heavy (non-hydrogen) atoms. The van der Waals surface area contributed by atoms with Crippen molar-refractivity contribution in [3.8, 4) is 0 Å². The summed E-state index contributed by atoms with van der Waals surface area (Å²) in [5, 5.41) is 28.1. The van der Waals surface area contributed by atoms with Crippen LogP contribution in [0.15, 0.2) is 26.8 Å². The monoisotopic (exact) mass is 312 g/mol. The van der Waals surface area contributed by atoms with E-state index in [0.29, 0.717) is 0 Å². The molecule has 1 aromatic rings. The molecule has 0 saturated carbocycles. The largest absolute Gasteiger partial charge is 0.481 e. The number of carboxylic acids is 1. The molecule has 1 amide bonds. The number of nitro groups is 1. The van der Waals surface area contributed by atoms with Gasteiger partial charge in [0.25, 0.3) is 0 Å². The third-order valence-corrected chi connectivity index (χ3v) is 3.33. The molecule has 1 atom stereocenters. The van der Waals surface area contributed by atoms with Crippen LogP contribution in [-0.4, -0.2) is 38.5 Å². The second-order valence-corrected chi connectivity index (χ2v) is 4.97. The Labute approximate surface area is 121 Å². The summed E-state index contributed by atoms with van der Waals surface area (Å²) in [6, 6.07) is 2.51. The zero-order chi connectivity index (χ0) is 15.4. The number of hydrogen-bond donors (Lipinski definition) is 2. The number of furan rings is 1. The zero-order valence-electron chi connectivity index (χ0n) is 10.3. The Kier molecular flexibility index (Phi) is 4.33. The van der Waals surface area contributed by atoms with Crippen LogP contribution in [-0.2, 0) is 9.59 Å². The molecule has 0 aliphatic carbocycles. The van der Waals surface area contributed by atoms with E-state index < -0.39 is 27.9 Å². The summed E-state index contributed by atoms with van der Waals surface area (Å²) >= 11 is 0.948. The quantitative estimate of drug-likeness (QED) is 0.459. The summed E-state index contributed by atoms with van der Waals surface area (Å²) in [4.78, 5) is 31.7. The molecular weight excluding hydrogens is 304 g/mol. The average Bonchev–Trinajstić information content (AvgIpc) is 2.97. The van der Waals surface area contributed by atoms with Crippen LogP contribution in [0, 0.1) is 10.1 Å². The number of rotatable bonds is 5. The van der Waals surface area contributed by atoms with Gasteiger partial charge in [-0.25, -0.2) is 0 Å². The van der Waals surface area contributed by atoms with Gasteiger partial charge in [-0.15, -0.1) is 5.10 Å². The van der Waals surface area contributed by atoms with E-state index in [2.05, 4.69) is 15.5 Å². The van der Waals surface area contributed by atoms with Crippen molar-refractivity contribution in [1.29, 1.82) is 0 Å². The van der Waals surface area contributed by atoms with E-state index in [4.69, 9.17) is 9.52 Å². The molecule has 110 valence electrons. The molecule has 1 saturated heterocycles. The maximum Gasteiger partial charge on any atom is 0.433 e. The predicted molar refractivity (Wildman–Crippen MR) is 72.2 cm³/mol. The van der Waals surface area contributed by atoms with Crippen LogP contribution in [0.4, 0.5) is 5.88 Å². The van der Waals surface area contributed by atoms with Gasteiger partial charge in [-0.2, -0.15) is 5.10 Å². The lowest BCUT2D eigenvalue weighted by Gasteiger charge is -1.97. The van der Waals surface area contributed by atoms with Crippen molar-refractivity contribution < 1.29 is 24.0 Å². The van der Waals surface area contributed by atoms with E-state index in [0.717, 1.165) is 18.0 Å². The summed E-state index contributed by atoms with van der Waals surface area (Å²) in [5.74, 6) is -1.84. The molecule has 0 bridgehead atoms. The molecule has 1 fully saturated rings. The molecule has 1 aliphatic rings. The van der Waals surface area contributed by atoms with Crippen molar-refractivity contribution >= 4 is 40.9 Å². The maximum atomic E-state index is 11.4. The molecule has 2 heterocycles. The summed E-state index contributed by atoms with van der Waals surface area (Å²) in [7, 11) is 0. The maximum absolute atomic E-state index is 11.4. The smallest absolute Gasteiger partial charge is 0.433 e. The lowest BCUT2D eigenvalue weighted by Crippen LogP contribution is -2.26. The molecule has 2 N–H and O–H groups in total. The Morgan fingerprint density at radius 1 is 1.62 bits per heavy atom. The van der Waals surface area contributed by atoms with Crippen LogP contribution in [0.5, 0.6) is 0 Å². The Bertz CT molecular complexity index is 652. The van der Waals surface area contributed by atoms with Gasteiger partial charge in [0.1, 0.15) is 10.2 Å². The number of carbonyl (C=O) groups excluding carboxylic acids is 1. The van der Waals surface area contributed by atoms with E-state index in [1.807, 2.05) is 0 Å². The minimum Gasteiger partial charge on any atom is -0.481 e. The summed E-state index contributed by atoms with van der Waals surface area (Å²) in [5.41, 5.74) is 0. The summed E-state index contributed by atoms with van der Waals surface area (Å²) in [6.45, 7) is 0. The standard InChI is InChI=1S/C10H8N4O6S/c15-8(16)3-6-9(17)12-10(21-6)13-11-4-5-1-2-7(20-5)14(18)19/h1-2,4,6H,3H2,(H,15,16)(H,12,13,17). The first-order chi connectivity index (χ1) is 9.95. The normalized spacial score (nSPS) is 20.1. The van der Waals surface area contributed by atoms with Gasteiger partial charge < -0.3 is 14.8 Å². The van der Waals surface area contributed by atoms with Gasteiger partial charge >= 0.3 is 11.9 Å². The summed E-state index contributed by atoms with van der Waals surface area (Å²) < 4.78 is 4.82. The third kappa shape index (κ3) is 3.89. The minimum absolute atomic E-state index is 0.127. The number of amides is 1. The van der Waals surface area contributed by atoms with Crippen LogP contribution < -0.4 is 5.32 Å². The van der Waals surface area contributed by atoms with Crippen LogP contribution in [0.25, 0.3) is 0 Å². The highest BCUT2D eigenvalue weighted by Crippen LogP contribution is 2.22. The third-order valence-electron chi connectivity index (χ3n) is 2.26. The van der Waals surface area contributed by atoms with Gasteiger partial charge in [0.05, 0.1) is 18.7 Å². The molecule has 1 aliphatic heterocycles. The van der Waals surface area contributed by atoms with Crippen molar-refractivity contribution in [3.05, 3.63) is 28.0 Å². The van der Waals surface area contributed by atoms with Gasteiger partial charge in [0.15, 0.2) is 10.9 Å². The van der Waals surface area contributed by atoms with Crippen molar-refractivity contribution in [1.82, 2.24) is 5.32 Å². The predicted octanol–water partition coefficient (Wildman–Crippen LogP) is 0.584. The Morgan fingerprint density at radius 3 is 3.00 bits per heavy atom. The lowest BCUT2D eigenvalue weighted by molar-refractivity contribution is -0.402. The Balaban J connectivity index is 1.98. The fraction of sp³-hybridized carbons (Fsp3) is 0.200.